The van der Waals surface area contributed by atoms with Crippen LogP contribution in [0.15, 0.2) is 18.2 Å². The SMILES string of the molecule is CCC(S)Oc1cccc(Cl)c1O. The van der Waals surface area contributed by atoms with E-state index in [1.165, 1.54) is 0 Å². The molecule has 0 saturated heterocycles. The van der Waals surface area contributed by atoms with Gasteiger partial charge in [0.15, 0.2) is 11.5 Å². The molecule has 0 aliphatic carbocycles. The Balaban J connectivity index is 2.83. The zero-order valence-corrected chi connectivity index (χ0v) is 8.85. The highest BCUT2D eigenvalue weighted by Crippen LogP contribution is 2.34. The van der Waals surface area contributed by atoms with Gasteiger partial charge in [-0.3, -0.25) is 0 Å². The van der Waals surface area contributed by atoms with Gasteiger partial charge in [-0.2, -0.15) is 0 Å². The standard InChI is InChI=1S/C9H11ClO2S/c1-2-8(13)12-7-5-3-4-6(10)9(7)11/h3-5,8,11,13H,2H2,1H3. The molecule has 13 heavy (non-hydrogen) atoms. The largest absolute Gasteiger partial charge is 0.503 e. The Morgan fingerprint density at radius 1 is 1.62 bits per heavy atom. The predicted molar refractivity (Wildman–Crippen MR) is 56.8 cm³/mol. The maximum atomic E-state index is 9.45. The van der Waals surface area contributed by atoms with Crippen molar-refractivity contribution in [1.82, 2.24) is 0 Å². The number of hydrogen-bond acceptors (Lipinski definition) is 3. The third-order valence-corrected chi connectivity index (χ3v) is 2.34. The van der Waals surface area contributed by atoms with Crippen molar-refractivity contribution in [2.75, 3.05) is 0 Å². The molecular formula is C9H11ClO2S. The Bertz CT molecular complexity index is 291. The lowest BCUT2D eigenvalue weighted by Crippen LogP contribution is -2.06. The van der Waals surface area contributed by atoms with Crippen LogP contribution < -0.4 is 4.74 Å². The summed E-state index contributed by atoms with van der Waals surface area (Å²) in [5, 5.41) is 9.74. The number of benzene rings is 1. The molecule has 0 aliphatic rings. The highest BCUT2D eigenvalue weighted by molar-refractivity contribution is 7.80. The first-order valence-electron chi connectivity index (χ1n) is 3.97. The molecule has 1 N–H and O–H groups in total. The Kier molecular flexibility index (Phi) is 3.75. The van der Waals surface area contributed by atoms with Gasteiger partial charge in [0.1, 0.15) is 5.44 Å². The molecule has 0 heterocycles. The van der Waals surface area contributed by atoms with Crippen LogP contribution in [0.2, 0.25) is 5.02 Å². The molecule has 0 fully saturated rings. The zero-order chi connectivity index (χ0) is 9.84. The van der Waals surface area contributed by atoms with Crippen LogP contribution in [0.25, 0.3) is 0 Å². The monoisotopic (exact) mass is 218 g/mol. The Morgan fingerprint density at radius 2 is 2.31 bits per heavy atom. The topological polar surface area (TPSA) is 29.5 Å². The van der Waals surface area contributed by atoms with E-state index in [1.54, 1.807) is 18.2 Å². The van der Waals surface area contributed by atoms with Gasteiger partial charge in [-0.15, -0.1) is 12.6 Å². The number of para-hydroxylation sites is 1. The molecule has 2 nitrogen and oxygen atoms in total. The summed E-state index contributed by atoms with van der Waals surface area (Å²) in [6.07, 6.45) is 0.759. The quantitative estimate of drug-likeness (QED) is 0.603. The summed E-state index contributed by atoms with van der Waals surface area (Å²) in [5.74, 6) is 0.339. The van der Waals surface area contributed by atoms with Gasteiger partial charge in [0.25, 0.3) is 0 Å². The molecule has 1 rings (SSSR count). The first-order valence-corrected chi connectivity index (χ1v) is 4.86. The average molecular weight is 219 g/mol. The Hall–Kier alpha value is -0.540. The summed E-state index contributed by atoms with van der Waals surface area (Å²) in [4.78, 5) is 0. The van der Waals surface area contributed by atoms with Gasteiger partial charge in [0, 0.05) is 0 Å². The van der Waals surface area contributed by atoms with E-state index in [2.05, 4.69) is 12.6 Å². The number of phenols is 1. The lowest BCUT2D eigenvalue weighted by molar-refractivity contribution is 0.272. The van der Waals surface area contributed by atoms with Gasteiger partial charge in [-0.1, -0.05) is 24.6 Å². The van der Waals surface area contributed by atoms with E-state index in [0.717, 1.165) is 6.42 Å². The van der Waals surface area contributed by atoms with E-state index < -0.39 is 0 Å². The third-order valence-electron chi connectivity index (χ3n) is 1.56. The van der Waals surface area contributed by atoms with Crippen molar-refractivity contribution in [2.45, 2.75) is 18.8 Å². The van der Waals surface area contributed by atoms with Gasteiger partial charge in [0.05, 0.1) is 5.02 Å². The van der Waals surface area contributed by atoms with Gasteiger partial charge in [-0.25, -0.2) is 0 Å². The fourth-order valence-corrected chi connectivity index (χ4v) is 1.10. The van der Waals surface area contributed by atoms with E-state index in [-0.39, 0.29) is 16.2 Å². The van der Waals surface area contributed by atoms with E-state index >= 15 is 0 Å². The minimum absolute atomic E-state index is 0.0309. The second-order valence-electron chi connectivity index (χ2n) is 2.57. The maximum Gasteiger partial charge on any atom is 0.176 e. The molecule has 72 valence electrons. The van der Waals surface area contributed by atoms with Crippen LogP contribution in [-0.4, -0.2) is 10.5 Å². The molecule has 0 bridgehead atoms. The molecule has 0 amide bonds. The van der Waals surface area contributed by atoms with Gasteiger partial charge < -0.3 is 9.84 Å². The molecule has 0 spiro atoms. The Morgan fingerprint density at radius 3 is 2.92 bits per heavy atom. The second kappa shape index (κ2) is 4.63. The van der Waals surface area contributed by atoms with Crippen molar-refractivity contribution in [3.8, 4) is 11.5 Å². The van der Waals surface area contributed by atoms with Gasteiger partial charge in [-0.05, 0) is 18.6 Å². The van der Waals surface area contributed by atoms with Crippen LogP contribution in [0.4, 0.5) is 0 Å². The molecular weight excluding hydrogens is 208 g/mol. The number of halogens is 1. The maximum absolute atomic E-state index is 9.45. The van der Waals surface area contributed by atoms with Crippen LogP contribution in [0.5, 0.6) is 11.5 Å². The molecule has 0 aromatic heterocycles. The number of rotatable bonds is 3. The molecule has 1 aromatic carbocycles. The normalized spacial score (nSPS) is 12.5. The number of hydrogen-bond donors (Lipinski definition) is 2. The fraction of sp³-hybridized carbons (Fsp3) is 0.333. The zero-order valence-electron chi connectivity index (χ0n) is 7.20. The number of aromatic hydroxyl groups is 1. The number of thiol groups is 1. The average Bonchev–Trinajstić information content (AvgIpc) is 2.13. The molecule has 4 heteroatoms. The van der Waals surface area contributed by atoms with E-state index in [1.807, 2.05) is 6.92 Å². The van der Waals surface area contributed by atoms with Crippen LogP contribution in [0, 0.1) is 0 Å². The van der Waals surface area contributed by atoms with Crippen molar-refractivity contribution >= 4 is 24.2 Å². The summed E-state index contributed by atoms with van der Waals surface area (Å²) in [7, 11) is 0. The minimum atomic E-state index is -0.218. The molecule has 1 aromatic rings. The van der Waals surface area contributed by atoms with E-state index in [4.69, 9.17) is 16.3 Å². The van der Waals surface area contributed by atoms with Crippen LogP contribution in [-0.2, 0) is 0 Å². The summed E-state index contributed by atoms with van der Waals surface area (Å²) in [5.41, 5.74) is -0.218. The Labute approximate surface area is 87.9 Å². The summed E-state index contributed by atoms with van der Waals surface area (Å²) >= 11 is 9.83. The predicted octanol–water partition coefficient (Wildman–Crippen LogP) is 3.09. The number of phenolic OH excluding ortho intramolecular Hbond substituents is 1. The van der Waals surface area contributed by atoms with Crippen molar-refractivity contribution in [3.05, 3.63) is 23.2 Å². The van der Waals surface area contributed by atoms with Crippen molar-refractivity contribution in [2.24, 2.45) is 0 Å². The van der Waals surface area contributed by atoms with Crippen molar-refractivity contribution in [3.63, 3.8) is 0 Å². The van der Waals surface area contributed by atoms with E-state index in [9.17, 15) is 5.11 Å². The number of ether oxygens (including phenoxy) is 1. The van der Waals surface area contributed by atoms with E-state index in [0.29, 0.717) is 5.75 Å². The van der Waals surface area contributed by atoms with Gasteiger partial charge >= 0.3 is 0 Å². The summed E-state index contributed by atoms with van der Waals surface area (Å²) in [6.45, 7) is 1.94. The first-order chi connectivity index (χ1) is 6.15. The molecule has 0 aliphatic heterocycles. The van der Waals surface area contributed by atoms with Gasteiger partial charge in [0.2, 0.25) is 0 Å². The van der Waals surface area contributed by atoms with Crippen molar-refractivity contribution < 1.29 is 9.84 Å². The minimum Gasteiger partial charge on any atom is -0.503 e. The fourth-order valence-electron chi connectivity index (χ4n) is 0.821. The lowest BCUT2D eigenvalue weighted by atomic mass is 10.3. The smallest absolute Gasteiger partial charge is 0.176 e. The molecule has 0 radical (unpaired) electrons. The van der Waals surface area contributed by atoms with Crippen LogP contribution in [0.1, 0.15) is 13.3 Å². The summed E-state index contributed by atoms with van der Waals surface area (Å²) in [6, 6.07) is 4.97. The third kappa shape index (κ3) is 2.71. The molecule has 1 atom stereocenters. The highest BCUT2D eigenvalue weighted by Gasteiger charge is 2.08. The van der Waals surface area contributed by atoms with Crippen LogP contribution >= 0.6 is 24.2 Å². The second-order valence-corrected chi connectivity index (χ2v) is 3.55. The highest BCUT2D eigenvalue weighted by atomic mass is 35.5. The first kappa shape index (κ1) is 10.5. The molecule has 1 unspecified atom stereocenters. The summed E-state index contributed by atoms with van der Waals surface area (Å²) < 4.78 is 5.30. The molecule has 0 saturated carbocycles. The van der Waals surface area contributed by atoms with Crippen LogP contribution in [0.3, 0.4) is 0 Å². The lowest BCUT2D eigenvalue weighted by Gasteiger charge is -2.13. The van der Waals surface area contributed by atoms with Crippen molar-refractivity contribution in [1.29, 1.82) is 0 Å².